The lowest BCUT2D eigenvalue weighted by molar-refractivity contribution is -0.123. The van der Waals surface area contributed by atoms with Gasteiger partial charge in [0.05, 0.1) is 17.1 Å². The minimum absolute atomic E-state index is 0.0647. The van der Waals surface area contributed by atoms with Crippen molar-refractivity contribution in [1.29, 1.82) is 0 Å². The number of pyridine rings is 1. The molecule has 1 saturated heterocycles. The van der Waals surface area contributed by atoms with Crippen LogP contribution in [-0.2, 0) is 4.79 Å². The Balaban J connectivity index is 2.17. The van der Waals surface area contributed by atoms with Gasteiger partial charge in [-0.25, -0.2) is 4.98 Å². The number of hydrogen-bond donors (Lipinski definition) is 2. The normalized spacial score (nSPS) is 14.9. The number of piperazine rings is 1. The number of halogens is 1. The summed E-state index contributed by atoms with van der Waals surface area (Å²) >= 11 is 6.04. The third-order valence-corrected chi connectivity index (χ3v) is 3.27. The van der Waals surface area contributed by atoms with Crippen LogP contribution in [0.25, 0.3) is 0 Å². The molecule has 0 bridgehead atoms. The highest BCUT2D eigenvalue weighted by molar-refractivity contribution is 6.33. The van der Waals surface area contributed by atoms with Crippen LogP contribution in [0.5, 0.6) is 0 Å². The summed E-state index contributed by atoms with van der Waals surface area (Å²) in [5, 5.41) is 6.08. The molecule has 108 valence electrons. The number of carbonyl (C=O) groups excluding carboxylic acids is 2. The van der Waals surface area contributed by atoms with Crippen molar-refractivity contribution < 1.29 is 9.59 Å². The SMILES string of the molecule is CCCNc1cc(C(=O)N2CCNC(=O)C2)c(Cl)cn1. The Morgan fingerprint density at radius 1 is 1.60 bits per heavy atom. The summed E-state index contributed by atoms with van der Waals surface area (Å²) < 4.78 is 0. The first-order chi connectivity index (χ1) is 9.61. The lowest BCUT2D eigenvalue weighted by Crippen LogP contribution is -2.50. The van der Waals surface area contributed by atoms with Crippen LogP contribution in [0.4, 0.5) is 5.82 Å². The highest BCUT2D eigenvalue weighted by atomic mass is 35.5. The van der Waals surface area contributed by atoms with Crippen molar-refractivity contribution >= 4 is 29.2 Å². The molecule has 1 aromatic heterocycles. The van der Waals surface area contributed by atoms with Gasteiger partial charge in [-0.2, -0.15) is 0 Å². The Morgan fingerprint density at radius 2 is 2.40 bits per heavy atom. The smallest absolute Gasteiger partial charge is 0.256 e. The summed E-state index contributed by atoms with van der Waals surface area (Å²) in [6.07, 6.45) is 2.41. The molecule has 0 atom stereocenters. The van der Waals surface area contributed by atoms with Crippen LogP contribution in [0.1, 0.15) is 23.7 Å². The van der Waals surface area contributed by atoms with Gasteiger partial charge in [0.15, 0.2) is 0 Å². The molecule has 0 aromatic carbocycles. The van der Waals surface area contributed by atoms with E-state index in [0.29, 0.717) is 29.5 Å². The fraction of sp³-hybridized carbons (Fsp3) is 0.462. The van der Waals surface area contributed by atoms with Crippen molar-refractivity contribution in [3.8, 4) is 0 Å². The van der Waals surface area contributed by atoms with Gasteiger partial charge in [0.25, 0.3) is 5.91 Å². The molecule has 0 radical (unpaired) electrons. The molecule has 1 aromatic rings. The Labute approximate surface area is 122 Å². The molecule has 0 unspecified atom stereocenters. The maximum absolute atomic E-state index is 12.4. The lowest BCUT2D eigenvalue weighted by atomic mass is 10.2. The third-order valence-electron chi connectivity index (χ3n) is 2.97. The van der Waals surface area contributed by atoms with E-state index >= 15 is 0 Å². The summed E-state index contributed by atoms with van der Waals surface area (Å²) in [4.78, 5) is 29.4. The monoisotopic (exact) mass is 296 g/mol. The maximum atomic E-state index is 12.4. The molecule has 6 nitrogen and oxygen atoms in total. The molecule has 2 N–H and O–H groups in total. The van der Waals surface area contributed by atoms with Gasteiger partial charge in [-0.15, -0.1) is 0 Å². The summed E-state index contributed by atoms with van der Waals surface area (Å²) in [6, 6.07) is 1.63. The number of carbonyl (C=O) groups is 2. The Kier molecular flexibility index (Phi) is 4.79. The second-order valence-electron chi connectivity index (χ2n) is 4.55. The minimum Gasteiger partial charge on any atom is -0.370 e. The van der Waals surface area contributed by atoms with Crippen molar-refractivity contribution in [1.82, 2.24) is 15.2 Å². The molecule has 1 aliphatic heterocycles. The van der Waals surface area contributed by atoms with Crippen LogP contribution in [0.2, 0.25) is 5.02 Å². The van der Waals surface area contributed by atoms with Crippen molar-refractivity contribution in [3.05, 3.63) is 22.8 Å². The van der Waals surface area contributed by atoms with Gasteiger partial charge >= 0.3 is 0 Å². The van der Waals surface area contributed by atoms with Crippen LogP contribution < -0.4 is 10.6 Å². The number of hydrogen-bond acceptors (Lipinski definition) is 4. The van der Waals surface area contributed by atoms with Gasteiger partial charge < -0.3 is 15.5 Å². The summed E-state index contributed by atoms with van der Waals surface area (Å²) in [5.74, 6) is 0.215. The van der Waals surface area contributed by atoms with Crippen molar-refractivity contribution in [2.24, 2.45) is 0 Å². The van der Waals surface area contributed by atoms with Crippen molar-refractivity contribution in [3.63, 3.8) is 0 Å². The van der Waals surface area contributed by atoms with Crippen LogP contribution >= 0.6 is 11.6 Å². The van der Waals surface area contributed by atoms with Crippen LogP contribution in [0.3, 0.4) is 0 Å². The number of aromatic nitrogens is 1. The van der Waals surface area contributed by atoms with Gasteiger partial charge in [-0.1, -0.05) is 18.5 Å². The first-order valence-electron chi connectivity index (χ1n) is 6.57. The van der Waals surface area contributed by atoms with E-state index in [1.165, 1.54) is 11.1 Å². The molecule has 1 aliphatic rings. The zero-order valence-corrected chi connectivity index (χ0v) is 12.0. The molecule has 0 aliphatic carbocycles. The molecule has 2 amide bonds. The molecular formula is C13H17ClN4O2. The average Bonchev–Trinajstić information content (AvgIpc) is 2.45. The van der Waals surface area contributed by atoms with E-state index in [-0.39, 0.29) is 18.4 Å². The predicted octanol–water partition coefficient (Wildman–Crippen LogP) is 1.13. The van der Waals surface area contributed by atoms with E-state index in [1.54, 1.807) is 6.07 Å². The second kappa shape index (κ2) is 6.56. The Hall–Kier alpha value is -1.82. The summed E-state index contributed by atoms with van der Waals surface area (Å²) in [7, 11) is 0. The van der Waals surface area contributed by atoms with Gasteiger partial charge in [-0.3, -0.25) is 9.59 Å². The zero-order valence-electron chi connectivity index (χ0n) is 11.3. The standard InChI is InChI=1S/C13H17ClN4O2/c1-2-3-15-11-6-9(10(14)7-17-11)13(20)18-5-4-16-12(19)8-18/h6-7H,2-5,8H2,1H3,(H,15,17)(H,16,19). The third kappa shape index (κ3) is 3.39. The molecule has 1 fully saturated rings. The first kappa shape index (κ1) is 14.6. The van der Waals surface area contributed by atoms with Crippen LogP contribution in [0, 0.1) is 0 Å². The van der Waals surface area contributed by atoms with E-state index in [0.717, 1.165) is 13.0 Å². The fourth-order valence-corrected chi connectivity index (χ4v) is 2.12. The van der Waals surface area contributed by atoms with E-state index in [9.17, 15) is 9.59 Å². The highest BCUT2D eigenvalue weighted by Crippen LogP contribution is 2.20. The van der Waals surface area contributed by atoms with E-state index < -0.39 is 0 Å². The molecule has 2 heterocycles. The topological polar surface area (TPSA) is 74.3 Å². The number of nitrogens with zero attached hydrogens (tertiary/aromatic N) is 2. The van der Waals surface area contributed by atoms with E-state index in [4.69, 9.17) is 11.6 Å². The Morgan fingerprint density at radius 3 is 3.10 bits per heavy atom. The van der Waals surface area contributed by atoms with Crippen LogP contribution in [0.15, 0.2) is 12.3 Å². The average molecular weight is 297 g/mol. The summed E-state index contributed by atoms with van der Waals surface area (Å²) in [6.45, 7) is 3.83. The van der Waals surface area contributed by atoms with Gasteiger partial charge in [0, 0.05) is 25.8 Å². The second-order valence-corrected chi connectivity index (χ2v) is 4.96. The van der Waals surface area contributed by atoms with Gasteiger partial charge in [0.1, 0.15) is 5.82 Å². The highest BCUT2D eigenvalue weighted by Gasteiger charge is 2.24. The number of anilines is 1. The number of nitrogens with one attached hydrogen (secondary N) is 2. The predicted molar refractivity (Wildman–Crippen MR) is 76.9 cm³/mol. The first-order valence-corrected chi connectivity index (χ1v) is 6.95. The lowest BCUT2D eigenvalue weighted by Gasteiger charge is -2.27. The molecule has 0 saturated carbocycles. The minimum atomic E-state index is -0.244. The molecule has 7 heteroatoms. The quantitative estimate of drug-likeness (QED) is 0.873. The zero-order chi connectivity index (χ0) is 14.5. The van der Waals surface area contributed by atoms with E-state index in [1.807, 2.05) is 6.92 Å². The molecule has 0 spiro atoms. The number of rotatable bonds is 4. The fourth-order valence-electron chi connectivity index (χ4n) is 1.93. The summed E-state index contributed by atoms with van der Waals surface area (Å²) in [5.41, 5.74) is 0.370. The molecule has 20 heavy (non-hydrogen) atoms. The maximum Gasteiger partial charge on any atom is 0.256 e. The number of amides is 2. The largest absolute Gasteiger partial charge is 0.370 e. The van der Waals surface area contributed by atoms with Gasteiger partial charge in [-0.05, 0) is 12.5 Å². The van der Waals surface area contributed by atoms with E-state index in [2.05, 4.69) is 15.6 Å². The Bertz CT molecular complexity index is 521. The van der Waals surface area contributed by atoms with Gasteiger partial charge in [0.2, 0.25) is 5.91 Å². The van der Waals surface area contributed by atoms with Crippen LogP contribution in [-0.4, -0.2) is 47.9 Å². The molecular weight excluding hydrogens is 280 g/mol. The van der Waals surface area contributed by atoms with Crippen molar-refractivity contribution in [2.45, 2.75) is 13.3 Å². The van der Waals surface area contributed by atoms with Crippen molar-refractivity contribution in [2.75, 3.05) is 31.5 Å². The molecule has 2 rings (SSSR count).